The first-order valence-electron chi connectivity index (χ1n) is 7.15. The van der Waals surface area contributed by atoms with E-state index in [2.05, 4.69) is 10.6 Å². The molecule has 2 amide bonds. The highest BCUT2D eigenvalue weighted by Gasteiger charge is 2.07. The van der Waals surface area contributed by atoms with Crippen molar-refractivity contribution in [2.75, 3.05) is 11.9 Å². The van der Waals surface area contributed by atoms with Gasteiger partial charge in [-0.1, -0.05) is 18.2 Å². The molecule has 2 aromatic carbocycles. The maximum atomic E-state index is 13.4. The van der Waals surface area contributed by atoms with E-state index < -0.39 is 12.0 Å². The molecule has 0 aromatic heterocycles. The molecular formula is C17H17FN2O3. The molecule has 0 aliphatic rings. The molecule has 0 bridgehead atoms. The van der Waals surface area contributed by atoms with Gasteiger partial charge in [0.1, 0.15) is 5.82 Å². The number of ether oxygens (including phenoxy) is 1. The predicted molar refractivity (Wildman–Crippen MR) is 84.7 cm³/mol. The summed E-state index contributed by atoms with van der Waals surface area (Å²) in [6, 6.07) is 12.1. The Balaban J connectivity index is 1.88. The van der Waals surface area contributed by atoms with Crippen LogP contribution in [-0.2, 0) is 11.3 Å². The Bertz CT molecular complexity index is 686. The van der Waals surface area contributed by atoms with Gasteiger partial charge in [-0.25, -0.2) is 14.0 Å². The van der Waals surface area contributed by atoms with Gasteiger partial charge in [0.25, 0.3) is 0 Å². The van der Waals surface area contributed by atoms with Crippen LogP contribution in [0, 0.1) is 5.82 Å². The molecule has 0 heterocycles. The maximum absolute atomic E-state index is 13.4. The van der Waals surface area contributed by atoms with E-state index in [-0.39, 0.29) is 12.4 Å². The van der Waals surface area contributed by atoms with Crippen LogP contribution in [0.25, 0.3) is 0 Å². The average molecular weight is 316 g/mol. The number of nitrogens with one attached hydrogen (secondary N) is 2. The highest BCUT2D eigenvalue weighted by Crippen LogP contribution is 2.11. The van der Waals surface area contributed by atoms with Gasteiger partial charge in [-0.05, 0) is 37.3 Å². The molecule has 0 radical (unpaired) electrons. The molecule has 0 fully saturated rings. The molecule has 0 atom stereocenters. The van der Waals surface area contributed by atoms with Crippen LogP contribution >= 0.6 is 0 Å². The van der Waals surface area contributed by atoms with Crippen LogP contribution < -0.4 is 10.6 Å². The van der Waals surface area contributed by atoms with Gasteiger partial charge in [-0.3, -0.25) is 0 Å². The summed E-state index contributed by atoms with van der Waals surface area (Å²) < 4.78 is 18.3. The van der Waals surface area contributed by atoms with Gasteiger partial charge >= 0.3 is 12.0 Å². The Labute approximate surface area is 133 Å². The molecular weight excluding hydrogens is 299 g/mol. The van der Waals surface area contributed by atoms with Crippen LogP contribution in [0.2, 0.25) is 0 Å². The lowest BCUT2D eigenvalue weighted by atomic mass is 10.2. The SMILES string of the molecule is CCOC(=O)c1ccc(NC(=O)NCc2ccccc2F)cc1. The third-order valence-electron chi connectivity index (χ3n) is 3.05. The molecule has 2 N–H and O–H groups in total. The van der Waals surface area contributed by atoms with Crippen LogP contribution in [-0.4, -0.2) is 18.6 Å². The van der Waals surface area contributed by atoms with Gasteiger partial charge in [0.2, 0.25) is 0 Å². The maximum Gasteiger partial charge on any atom is 0.338 e. The standard InChI is InChI=1S/C17H17FN2O3/c1-2-23-16(21)12-7-9-14(10-8-12)20-17(22)19-11-13-5-3-4-6-15(13)18/h3-10H,2,11H2,1H3,(H2,19,20,22). The second-order valence-corrected chi connectivity index (χ2v) is 4.70. The van der Waals surface area contributed by atoms with Crippen LogP contribution in [0.3, 0.4) is 0 Å². The lowest BCUT2D eigenvalue weighted by Gasteiger charge is -2.09. The number of hydrogen-bond acceptors (Lipinski definition) is 3. The molecule has 23 heavy (non-hydrogen) atoms. The number of hydrogen-bond donors (Lipinski definition) is 2. The number of benzene rings is 2. The Morgan fingerprint density at radius 2 is 1.78 bits per heavy atom. The van der Waals surface area contributed by atoms with Crippen LogP contribution in [0.15, 0.2) is 48.5 Å². The van der Waals surface area contributed by atoms with E-state index >= 15 is 0 Å². The number of carbonyl (C=O) groups is 2. The van der Waals surface area contributed by atoms with Crippen molar-refractivity contribution in [2.45, 2.75) is 13.5 Å². The molecule has 120 valence electrons. The number of halogens is 1. The topological polar surface area (TPSA) is 67.4 Å². The fourth-order valence-corrected chi connectivity index (χ4v) is 1.90. The summed E-state index contributed by atoms with van der Waals surface area (Å²) in [5.74, 6) is -0.783. The number of carbonyl (C=O) groups excluding carboxylic acids is 2. The monoisotopic (exact) mass is 316 g/mol. The molecule has 2 rings (SSSR count). The van der Waals surface area contributed by atoms with E-state index in [4.69, 9.17) is 4.74 Å². The van der Waals surface area contributed by atoms with Gasteiger partial charge in [-0.15, -0.1) is 0 Å². The van der Waals surface area contributed by atoms with Gasteiger partial charge < -0.3 is 15.4 Å². The van der Waals surface area contributed by atoms with Crippen molar-refractivity contribution in [1.82, 2.24) is 5.32 Å². The largest absolute Gasteiger partial charge is 0.462 e. The van der Waals surface area contributed by atoms with Crippen LogP contribution in [0.1, 0.15) is 22.8 Å². The van der Waals surface area contributed by atoms with E-state index in [9.17, 15) is 14.0 Å². The quantitative estimate of drug-likeness (QED) is 0.832. The van der Waals surface area contributed by atoms with Crippen molar-refractivity contribution in [1.29, 1.82) is 0 Å². The summed E-state index contributed by atoms with van der Waals surface area (Å²) in [4.78, 5) is 23.3. The first-order valence-corrected chi connectivity index (χ1v) is 7.15. The normalized spacial score (nSPS) is 10.0. The third-order valence-corrected chi connectivity index (χ3v) is 3.05. The average Bonchev–Trinajstić information content (AvgIpc) is 2.55. The molecule has 0 aliphatic heterocycles. The summed E-state index contributed by atoms with van der Waals surface area (Å²) in [7, 11) is 0. The minimum Gasteiger partial charge on any atom is -0.462 e. The predicted octanol–water partition coefficient (Wildman–Crippen LogP) is 3.32. The molecule has 2 aromatic rings. The molecule has 0 unspecified atom stereocenters. The summed E-state index contributed by atoms with van der Waals surface area (Å²) in [5.41, 5.74) is 1.33. The van der Waals surface area contributed by atoms with Crippen molar-refractivity contribution in [3.05, 3.63) is 65.5 Å². The number of rotatable bonds is 5. The van der Waals surface area contributed by atoms with Gasteiger partial charge in [0.05, 0.1) is 12.2 Å². The lowest BCUT2D eigenvalue weighted by molar-refractivity contribution is 0.0526. The zero-order valence-electron chi connectivity index (χ0n) is 12.6. The van der Waals surface area contributed by atoms with E-state index in [1.54, 1.807) is 49.4 Å². The first-order chi connectivity index (χ1) is 11.1. The van der Waals surface area contributed by atoms with Crippen molar-refractivity contribution in [3.63, 3.8) is 0 Å². The van der Waals surface area contributed by atoms with Crippen molar-refractivity contribution >= 4 is 17.7 Å². The van der Waals surface area contributed by atoms with E-state index in [1.165, 1.54) is 6.07 Å². The minimum atomic E-state index is -0.461. The van der Waals surface area contributed by atoms with E-state index in [0.29, 0.717) is 23.4 Å². The van der Waals surface area contributed by atoms with Crippen molar-refractivity contribution < 1.29 is 18.7 Å². The Morgan fingerprint density at radius 1 is 1.09 bits per heavy atom. The second-order valence-electron chi connectivity index (χ2n) is 4.70. The molecule has 5 nitrogen and oxygen atoms in total. The van der Waals surface area contributed by atoms with Crippen LogP contribution in [0.5, 0.6) is 0 Å². The fourth-order valence-electron chi connectivity index (χ4n) is 1.90. The fraction of sp³-hybridized carbons (Fsp3) is 0.176. The summed E-state index contributed by atoms with van der Waals surface area (Å²) in [6.07, 6.45) is 0. The number of esters is 1. The molecule has 0 saturated heterocycles. The zero-order chi connectivity index (χ0) is 16.7. The lowest BCUT2D eigenvalue weighted by Crippen LogP contribution is -2.28. The second kappa shape index (κ2) is 7.93. The third kappa shape index (κ3) is 4.81. The van der Waals surface area contributed by atoms with E-state index in [0.717, 1.165) is 0 Å². The summed E-state index contributed by atoms with van der Waals surface area (Å²) in [6.45, 7) is 2.12. The Morgan fingerprint density at radius 3 is 2.43 bits per heavy atom. The highest BCUT2D eigenvalue weighted by molar-refractivity contribution is 5.92. The Kier molecular flexibility index (Phi) is 5.68. The number of amides is 2. The number of anilines is 1. The molecule has 6 heteroatoms. The highest BCUT2D eigenvalue weighted by atomic mass is 19.1. The van der Waals surface area contributed by atoms with Crippen LogP contribution in [0.4, 0.5) is 14.9 Å². The zero-order valence-corrected chi connectivity index (χ0v) is 12.6. The molecule has 0 saturated carbocycles. The molecule has 0 spiro atoms. The minimum absolute atomic E-state index is 0.0828. The van der Waals surface area contributed by atoms with Crippen molar-refractivity contribution in [3.8, 4) is 0 Å². The smallest absolute Gasteiger partial charge is 0.338 e. The van der Waals surface area contributed by atoms with Gasteiger partial charge in [0, 0.05) is 17.8 Å². The van der Waals surface area contributed by atoms with Crippen molar-refractivity contribution in [2.24, 2.45) is 0 Å². The summed E-state index contributed by atoms with van der Waals surface area (Å²) in [5, 5.41) is 5.17. The van der Waals surface area contributed by atoms with Gasteiger partial charge in [0.15, 0.2) is 0 Å². The number of urea groups is 1. The Hall–Kier alpha value is -2.89. The molecule has 0 aliphatic carbocycles. The van der Waals surface area contributed by atoms with Gasteiger partial charge in [-0.2, -0.15) is 0 Å². The summed E-state index contributed by atoms with van der Waals surface area (Å²) >= 11 is 0. The van der Waals surface area contributed by atoms with E-state index in [1.807, 2.05) is 0 Å². The first kappa shape index (κ1) is 16.5.